The second-order valence-electron chi connectivity index (χ2n) is 8.17. The lowest BCUT2D eigenvalue weighted by Gasteiger charge is -2.22. The number of hydrogen-bond donors (Lipinski definition) is 3. The fourth-order valence-electron chi connectivity index (χ4n) is 3.87. The maximum Gasteiger partial charge on any atom is 0.418 e. The molecule has 0 unspecified atom stereocenters. The van der Waals surface area contributed by atoms with Gasteiger partial charge in [0, 0.05) is 49.0 Å². The number of carbonyl (C=O) groups is 2. The lowest BCUT2D eigenvalue weighted by molar-refractivity contribution is -0.216. The Labute approximate surface area is 208 Å². The zero-order valence-corrected chi connectivity index (χ0v) is 19.5. The van der Waals surface area contributed by atoms with Crippen LogP contribution >= 0.6 is 0 Å². The number of rotatable bonds is 8. The Morgan fingerprint density at radius 1 is 1.28 bits per heavy atom. The van der Waals surface area contributed by atoms with Crippen LogP contribution in [0.4, 0.5) is 30.5 Å². The van der Waals surface area contributed by atoms with Gasteiger partial charge in [-0.3, -0.25) is 14.3 Å². The molecule has 36 heavy (non-hydrogen) atoms. The van der Waals surface area contributed by atoms with Gasteiger partial charge in [0.2, 0.25) is 5.91 Å². The highest BCUT2D eigenvalue weighted by molar-refractivity contribution is 6.04. The maximum absolute atomic E-state index is 13.7. The molecule has 192 valence electrons. The van der Waals surface area contributed by atoms with Crippen molar-refractivity contribution in [2.75, 3.05) is 31.8 Å². The van der Waals surface area contributed by atoms with E-state index < -0.39 is 25.2 Å². The summed E-state index contributed by atoms with van der Waals surface area (Å²) in [5, 5.41) is 11.9. The van der Waals surface area contributed by atoms with Crippen LogP contribution in [-0.4, -0.2) is 54.0 Å². The van der Waals surface area contributed by atoms with Crippen LogP contribution in [0.15, 0.2) is 24.4 Å². The van der Waals surface area contributed by atoms with E-state index in [0.717, 1.165) is 26.1 Å². The number of nitrogens with zero attached hydrogens (tertiary/aromatic N) is 3. The fraction of sp³-hybridized carbons (Fsp3) is 0.391. The first-order valence-corrected chi connectivity index (χ1v) is 10.8. The number of aryl methyl sites for hydroxylation is 1. The number of alkyl halides is 3. The third-order valence-corrected chi connectivity index (χ3v) is 5.74. The van der Waals surface area contributed by atoms with Crippen molar-refractivity contribution in [1.29, 1.82) is 0 Å². The van der Waals surface area contributed by atoms with Gasteiger partial charge in [-0.1, -0.05) is 6.07 Å². The van der Waals surface area contributed by atoms with Crippen molar-refractivity contribution in [3.8, 4) is 5.75 Å². The van der Waals surface area contributed by atoms with Crippen molar-refractivity contribution in [2.45, 2.75) is 25.1 Å². The van der Waals surface area contributed by atoms with Crippen LogP contribution in [0, 0.1) is 5.92 Å². The van der Waals surface area contributed by atoms with Gasteiger partial charge in [0.25, 0.3) is 5.91 Å². The van der Waals surface area contributed by atoms with Crippen LogP contribution in [0.5, 0.6) is 5.75 Å². The summed E-state index contributed by atoms with van der Waals surface area (Å²) in [6.07, 6.45) is -4.50. The van der Waals surface area contributed by atoms with Crippen molar-refractivity contribution in [2.24, 2.45) is 13.0 Å². The molecule has 1 aromatic carbocycles. The zero-order valence-electron chi connectivity index (χ0n) is 22.5. The summed E-state index contributed by atoms with van der Waals surface area (Å²) >= 11 is 0. The van der Waals surface area contributed by atoms with E-state index >= 15 is 0 Å². The van der Waals surface area contributed by atoms with E-state index in [1.54, 1.807) is 7.05 Å². The van der Waals surface area contributed by atoms with Crippen molar-refractivity contribution in [3.63, 3.8) is 0 Å². The van der Waals surface area contributed by atoms with Gasteiger partial charge in [-0.15, -0.1) is 0 Å². The second kappa shape index (κ2) is 9.64. The van der Waals surface area contributed by atoms with Crippen molar-refractivity contribution >= 4 is 40.0 Å². The molecule has 0 radical (unpaired) electrons. The number of anilines is 3. The normalized spacial score (nSPS) is 16.0. The summed E-state index contributed by atoms with van der Waals surface area (Å²) in [6.45, 7) is -2.81. The average molecular weight is 510 g/mol. The van der Waals surface area contributed by atoms with Crippen LogP contribution in [0.1, 0.15) is 39.0 Å². The van der Waals surface area contributed by atoms with Gasteiger partial charge in [-0.2, -0.15) is 18.3 Å². The first-order valence-electron chi connectivity index (χ1n) is 12.3. The molecule has 1 aliphatic rings. The Hall–Kier alpha value is -3.87. The Balaban J connectivity index is 1.84. The molecule has 2 heterocycles. The van der Waals surface area contributed by atoms with E-state index in [-0.39, 0.29) is 51.4 Å². The van der Waals surface area contributed by atoms with Crippen LogP contribution < -0.4 is 20.7 Å². The monoisotopic (exact) mass is 509 g/mol. The molecule has 3 N–H and O–H groups in total. The van der Waals surface area contributed by atoms with Crippen LogP contribution in [0.2, 0.25) is 0 Å². The number of amides is 2. The highest BCUT2D eigenvalue weighted by Gasteiger charge is 2.43. The number of hydrogen-bond acceptors (Lipinski definition) is 7. The van der Waals surface area contributed by atoms with Crippen molar-refractivity contribution < 1.29 is 36.3 Å². The molecule has 13 heteroatoms. The molecular weight excluding hydrogens is 481 g/mol. The number of halogens is 3. The average Bonchev–Trinajstić information content (AvgIpc) is 3.63. The third kappa shape index (κ3) is 4.78. The Morgan fingerprint density at radius 3 is 2.64 bits per heavy atom. The fourth-order valence-corrected chi connectivity index (χ4v) is 3.87. The SMILES string of the molecule is [2H]C([2H])([2H])NC(=O)c1cnc(NC(=O)C2CC2)cc1Nc1nn(C)c2ccc([C@@H](OC)C(F)(F)F)c(OC)c12. The Bertz CT molecular complexity index is 1420. The number of pyridine rings is 1. The Morgan fingerprint density at radius 2 is 2.03 bits per heavy atom. The zero-order chi connectivity index (χ0) is 28.7. The molecule has 1 aliphatic carbocycles. The van der Waals surface area contributed by atoms with E-state index in [4.69, 9.17) is 13.6 Å². The minimum atomic E-state index is -4.74. The van der Waals surface area contributed by atoms with Gasteiger partial charge >= 0.3 is 6.18 Å². The van der Waals surface area contributed by atoms with Gasteiger partial charge < -0.3 is 25.4 Å². The highest BCUT2D eigenvalue weighted by Crippen LogP contribution is 2.44. The number of carbonyl (C=O) groups excluding carboxylic acids is 2. The van der Waals surface area contributed by atoms with E-state index in [1.807, 2.05) is 5.32 Å². The predicted molar refractivity (Wildman–Crippen MR) is 125 cm³/mol. The van der Waals surface area contributed by atoms with Crippen molar-refractivity contribution in [1.82, 2.24) is 20.1 Å². The number of benzene rings is 1. The predicted octanol–water partition coefficient (Wildman–Crippen LogP) is 3.68. The standard InChI is InChI=1S/C23H25F3N6O4/c1-27-22(34)13-10-28-16(30-21(33)11-5-6-11)9-14(13)29-20-17-15(32(2)31-20)8-7-12(18(17)35-3)19(36-4)23(24,25)26/h7-11,19H,5-6H2,1-4H3,(H,27,34)(H2,28,29,30,31,33)/t19-/m1/s1/i1D3. The number of ether oxygens (including phenoxy) is 2. The summed E-state index contributed by atoms with van der Waals surface area (Å²) in [7, 11) is 3.68. The number of fused-ring (bicyclic) bond motifs is 1. The molecule has 1 atom stereocenters. The molecule has 3 aromatic rings. The highest BCUT2D eigenvalue weighted by atomic mass is 19.4. The summed E-state index contributed by atoms with van der Waals surface area (Å²) in [4.78, 5) is 29.1. The molecule has 4 rings (SSSR count). The van der Waals surface area contributed by atoms with Crippen molar-refractivity contribution in [3.05, 3.63) is 35.5 Å². The van der Waals surface area contributed by atoms with Gasteiger partial charge in [-0.05, 0) is 18.9 Å². The summed E-state index contributed by atoms with van der Waals surface area (Å²) in [5.41, 5.74) is -0.137. The maximum atomic E-state index is 13.7. The number of methoxy groups -OCH3 is 2. The third-order valence-electron chi connectivity index (χ3n) is 5.74. The van der Waals surface area contributed by atoms with E-state index in [9.17, 15) is 22.8 Å². The smallest absolute Gasteiger partial charge is 0.418 e. The van der Waals surface area contributed by atoms with Crippen LogP contribution in [-0.2, 0) is 16.6 Å². The van der Waals surface area contributed by atoms with E-state index in [1.165, 1.54) is 30.0 Å². The molecular formula is C23H25F3N6O4. The summed E-state index contributed by atoms with van der Waals surface area (Å²) in [6, 6.07) is 3.94. The number of nitrogens with one attached hydrogen (secondary N) is 3. The van der Waals surface area contributed by atoms with Gasteiger partial charge in [0.1, 0.15) is 11.6 Å². The molecule has 2 amide bonds. The van der Waals surface area contributed by atoms with Gasteiger partial charge in [0.05, 0.1) is 29.3 Å². The summed E-state index contributed by atoms with van der Waals surface area (Å²) < 4.78 is 74.7. The van der Waals surface area contributed by atoms with Gasteiger partial charge in [-0.25, -0.2) is 4.98 Å². The molecule has 1 fully saturated rings. The molecule has 10 nitrogen and oxygen atoms in total. The summed E-state index contributed by atoms with van der Waals surface area (Å²) in [5.74, 6) is -1.51. The number of aromatic nitrogens is 3. The molecule has 1 saturated carbocycles. The van der Waals surface area contributed by atoms with Crippen LogP contribution in [0.25, 0.3) is 10.9 Å². The second-order valence-corrected chi connectivity index (χ2v) is 8.17. The lowest BCUT2D eigenvalue weighted by atomic mass is 10.0. The minimum absolute atomic E-state index is 0.00293. The lowest BCUT2D eigenvalue weighted by Crippen LogP contribution is -2.23. The molecule has 0 aliphatic heterocycles. The molecule has 0 bridgehead atoms. The van der Waals surface area contributed by atoms with E-state index in [2.05, 4.69) is 20.7 Å². The quantitative estimate of drug-likeness (QED) is 0.424. The van der Waals surface area contributed by atoms with Crippen LogP contribution in [0.3, 0.4) is 0 Å². The largest absolute Gasteiger partial charge is 0.496 e. The first kappa shape index (κ1) is 21.4. The van der Waals surface area contributed by atoms with E-state index in [0.29, 0.717) is 5.52 Å². The topological polar surface area (TPSA) is 119 Å². The molecule has 2 aromatic heterocycles. The minimum Gasteiger partial charge on any atom is -0.496 e. The van der Waals surface area contributed by atoms with Gasteiger partial charge in [0.15, 0.2) is 11.9 Å². The molecule has 0 saturated heterocycles. The Kier molecular flexibility index (Phi) is 5.74. The first-order chi connectivity index (χ1) is 18.2. The molecule has 0 spiro atoms.